The molecule has 1 amide bonds. The van der Waals surface area contributed by atoms with Crippen LogP contribution in [0.4, 0.5) is 0 Å². The van der Waals surface area contributed by atoms with E-state index in [2.05, 4.69) is 42.2 Å². The Morgan fingerprint density at radius 1 is 1.29 bits per heavy atom. The van der Waals surface area contributed by atoms with Crippen LogP contribution in [0.25, 0.3) is 0 Å². The van der Waals surface area contributed by atoms with E-state index in [1.165, 1.54) is 0 Å². The molecule has 2 aromatic rings. The first-order valence-electron chi connectivity index (χ1n) is 8.55. The number of hydrogen-bond acceptors (Lipinski definition) is 3. The lowest BCUT2D eigenvalue weighted by Crippen LogP contribution is -2.43. The first-order valence-corrected chi connectivity index (χ1v) is 9.34. The Hall–Kier alpha value is -1.75. The average molecular weight is 564 g/mol. The highest BCUT2D eigenvalue weighted by Gasteiger charge is 2.11. The van der Waals surface area contributed by atoms with Gasteiger partial charge in [-0.2, -0.15) is 0 Å². The summed E-state index contributed by atoms with van der Waals surface area (Å²) in [6.07, 6.45) is 2.01. The topological polar surface area (TPSA) is 70.9 Å². The number of aromatic nitrogens is 1. The first kappa shape index (κ1) is 24.3. The molecule has 0 aliphatic carbocycles. The molecule has 0 aliphatic heterocycles. The molecule has 0 aliphatic rings. The van der Waals surface area contributed by atoms with Gasteiger partial charge in [0.15, 0.2) is 5.96 Å². The predicted octanol–water partition coefficient (Wildman–Crippen LogP) is 2.74. The molecule has 1 aromatic heterocycles. The fraction of sp³-hybridized carbons (Fsp3) is 0.368. The summed E-state index contributed by atoms with van der Waals surface area (Å²) in [6, 6.07) is 9.66. The summed E-state index contributed by atoms with van der Waals surface area (Å²) in [4.78, 5) is 18.3. The molecule has 0 bridgehead atoms. The summed E-state index contributed by atoms with van der Waals surface area (Å²) < 4.78 is 8.21. The van der Waals surface area contributed by atoms with Gasteiger partial charge in [0.05, 0.1) is 20.2 Å². The first-order chi connectivity index (χ1) is 12.9. The molecule has 7 nitrogen and oxygen atoms in total. The number of aliphatic imine (C=N–C) groups is 1. The molecule has 1 heterocycles. The summed E-state index contributed by atoms with van der Waals surface area (Å²) in [5.41, 5.74) is 2.15. The third-order valence-electron chi connectivity index (χ3n) is 4.10. The predicted molar refractivity (Wildman–Crippen MR) is 126 cm³/mol. The molecular weight excluding hydrogens is 537 g/mol. The lowest BCUT2D eigenvalue weighted by molar-refractivity contribution is -0.120. The van der Waals surface area contributed by atoms with Crippen molar-refractivity contribution in [1.82, 2.24) is 20.1 Å². The van der Waals surface area contributed by atoms with E-state index < -0.39 is 0 Å². The molecule has 154 valence electrons. The van der Waals surface area contributed by atoms with Crippen LogP contribution in [-0.4, -0.2) is 49.1 Å². The molecule has 9 heteroatoms. The Morgan fingerprint density at radius 2 is 1.96 bits per heavy atom. The van der Waals surface area contributed by atoms with Crippen molar-refractivity contribution in [2.45, 2.75) is 13.1 Å². The fourth-order valence-electron chi connectivity index (χ4n) is 2.59. The number of ether oxygens (including phenoxy) is 1. The number of nitrogens with zero attached hydrogens (tertiary/aromatic N) is 3. The molecule has 0 spiro atoms. The van der Waals surface area contributed by atoms with E-state index >= 15 is 0 Å². The van der Waals surface area contributed by atoms with Gasteiger partial charge in [0.1, 0.15) is 5.75 Å². The lowest BCUT2D eigenvalue weighted by Gasteiger charge is -2.22. The number of guanidine groups is 1. The van der Waals surface area contributed by atoms with Crippen molar-refractivity contribution in [2.75, 3.05) is 27.7 Å². The van der Waals surface area contributed by atoms with Crippen LogP contribution in [0.1, 0.15) is 11.3 Å². The molecule has 0 fully saturated rings. The Balaban J connectivity index is 0.00000392. The number of aryl methyl sites for hydroxylation is 1. The number of amides is 1. The number of carbonyl (C=O) groups is 1. The minimum atomic E-state index is -0.0954. The zero-order valence-corrected chi connectivity index (χ0v) is 20.4. The monoisotopic (exact) mass is 563 g/mol. The Morgan fingerprint density at radius 3 is 2.50 bits per heavy atom. The molecule has 28 heavy (non-hydrogen) atoms. The van der Waals surface area contributed by atoms with Crippen molar-refractivity contribution in [2.24, 2.45) is 12.0 Å². The third-order valence-corrected chi connectivity index (χ3v) is 4.54. The molecule has 2 N–H and O–H groups in total. The van der Waals surface area contributed by atoms with Gasteiger partial charge in [-0.25, -0.2) is 0 Å². The van der Waals surface area contributed by atoms with Crippen LogP contribution in [0, 0.1) is 0 Å². The molecule has 0 atom stereocenters. The number of halogens is 2. The highest BCUT2D eigenvalue weighted by molar-refractivity contribution is 14.0. The molecular formula is C19H27BrIN5O2. The van der Waals surface area contributed by atoms with E-state index in [0.717, 1.165) is 21.5 Å². The SMILES string of the molecule is CN=C(NCC(=O)NCc1ccc(OC)cc1)N(C)Cc1cc(Br)cn1C.I. The van der Waals surface area contributed by atoms with Crippen molar-refractivity contribution in [3.63, 3.8) is 0 Å². The highest BCUT2D eigenvalue weighted by Crippen LogP contribution is 2.15. The van der Waals surface area contributed by atoms with Crippen molar-refractivity contribution in [1.29, 1.82) is 0 Å². The van der Waals surface area contributed by atoms with Gasteiger partial charge in [-0.1, -0.05) is 12.1 Å². The number of methoxy groups -OCH3 is 1. The van der Waals surface area contributed by atoms with Crippen molar-refractivity contribution in [3.8, 4) is 5.75 Å². The Bertz CT molecular complexity index is 792. The van der Waals surface area contributed by atoms with Gasteiger partial charge < -0.3 is 24.8 Å². The molecule has 1 aromatic carbocycles. The zero-order valence-electron chi connectivity index (χ0n) is 16.5. The average Bonchev–Trinajstić information content (AvgIpc) is 2.97. The lowest BCUT2D eigenvalue weighted by atomic mass is 10.2. The van der Waals surface area contributed by atoms with E-state index in [-0.39, 0.29) is 36.4 Å². The van der Waals surface area contributed by atoms with Crippen LogP contribution in [-0.2, 0) is 24.9 Å². The number of hydrogen-bond donors (Lipinski definition) is 2. The maximum absolute atomic E-state index is 12.1. The third kappa shape index (κ3) is 7.34. The van der Waals surface area contributed by atoms with Crippen LogP contribution < -0.4 is 15.4 Å². The van der Waals surface area contributed by atoms with Gasteiger partial charge >= 0.3 is 0 Å². The van der Waals surface area contributed by atoms with Gasteiger partial charge in [0.2, 0.25) is 5.91 Å². The highest BCUT2D eigenvalue weighted by atomic mass is 127. The van der Waals surface area contributed by atoms with Crippen LogP contribution in [0.15, 0.2) is 46.0 Å². The van der Waals surface area contributed by atoms with E-state index in [0.29, 0.717) is 19.0 Å². The number of benzene rings is 1. The number of nitrogens with one attached hydrogen (secondary N) is 2. The Labute approximate surface area is 191 Å². The van der Waals surface area contributed by atoms with Gasteiger partial charge in [0, 0.05) is 44.1 Å². The fourth-order valence-corrected chi connectivity index (χ4v) is 3.16. The second-order valence-corrected chi connectivity index (χ2v) is 7.06. The summed E-state index contributed by atoms with van der Waals surface area (Å²) in [7, 11) is 7.26. The maximum Gasteiger partial charge on any atom is 0.239 e. The molecule has 0 saturated heterocycles. The largest absolute Gasteiger partial charge is 0.497 e. The zero-order chi connectivity index (χ0) is 19.8. The van der Waals surface area contributed by atoms with Crippen molar-refractivity contribution < 1.29 is 9.53 Å². The summed E-state index contributed by atoms with van der Waals surface area (Å²) in [5, 5.41) is 5.98. The quantitative estimate of drug-likeness (QED) is 0.309. The number of rotatable bonds is 7. The van der Waals surface area contributed by atoms with Crippen LogP contribution in [0.3, 0.4) is 0 Å². The van der Waals surface area contributed by atoms with Crippen LogP contribution in [0.2, 0.25) is 0 Å². The van der Waals surface area contributed by atoms with Gasteiger partial charge in [-0.3, -0.25) is 9.79 Å². The Kier molecular flexibility index (Phi) is 10.4. The second kappa shape index (κ2) is 11.9. The minimum Gasteiger partial charge on any atom is -0.497 e. The van der Waals surface area contributed by atoms with E-state index in [4.69, 9.17) is 4.74 Å². The minimum absolute atomic E-state index is 0. The maximum atomic E-state index is 12.1. The smallest absolute Gasteiger partial charge is 0.239 e. The summed E-state index contributed by atoms with van der Waals surface area (Å²) in [6.45, 7) is 1.30. The summed E-state index contributed by atoms with van der Waals surface area (Å²) >= 11 is 3.48. The van der Waals surface area contributed by atoms with Crippen molar-refractivity contribution in [3.05, 3.63) is 52.3 Å². The second-order valence-electron chi connectivity index (χ2n) is 6.14. The van der Waals surface area contributed by atoms with Crippen molar-refractivity contribution >= 4 is 51.8 Å². The van der Waals surface area contributed by atoms with E-state index in [1.807, 2.05) is 49.5 Å². The molecule has 0 unspecified atom stereocenters. The summed E-state index contributed by atoms with van der Waals surface area (Å²) in [5.74, 6) is 1.36. The van der Waals surface area contributed by atoms with Crippen LogP contribution >= 0.6 is 39.9 Å². The standard InChI is InChI=1S/C19H26BrN5O2.HI/c1-21-19(25(3)13-16-9-15(20)12-24(16)2)23-11-18(26)22-10-14-5-7-17(27-4)8-6-14;/h5-9,12H,10-11,13H2,1-4H3,(H,21,23)(H,22,26);1H. The van der Waals surface area contributed by atoms with Gasteiger partial charge in [-0.05, 0) is 39.7 Å². The van der Waals surface area contributed by atoms with Gasteiger partial charge in [-0.15, -0.1) is 24.0 Å². The van der Waals surface area contributed by atoms with Crippen LogP contribution in [0.5, 0.6) is 5.75 Å². The van der Waals surface area contributed by atoms with E-state index in [9.17, 15) is 4.79 Å². The molecule has 2 rings (SSSR count). The number of carbonyl (C=O) groups excluding carboxylic acids is 1. The normalized spacial score (nSPS) is 10.8. The van der Waals surface area contributed by atoms with E-state index in [1.54, 1.807) is 14.2 Å². The van der Waals surface area contributed by atoms with Gasteiger partial charge in [0.25, 0.3) is 0 Å². The molecule has 0 radical (unpaired) electrons. The molecule has 0 saturated carbocycles.